The van der Waals surface area contributed by atoms with Gasteiger partial charge in [-0.3, -0.25) is 0 Å². The van der Waals surface area contributed by atoms with Crippen molar-refractivity contribution in [2.45, 2.75) is 28.9 Å². The molecule has 13 heavy (non-hydrogen) atoms. The van der Waals surface area contributed by atoms with Gasteiger partial charge >= 0.3 is 0 Å². The third-order valence-electron chi connectivity index (χ3n) is 2.03. The molecule has 1 fully saturated rings. The maximum Gasteiger partial charge on any atom is 0.0791 e. The average molecular weight is 255 g/mol. The molecule has 1 atom stereocenters. The molecule has 0 radical (unpaired) electrons. The van der Waals surface area contributed by atoms with Crippen molar-refractivity contribution in [1.82, 2.24) is 0 Å². The molecule has 0 bridgehead atoms. The Labute approximate surface area is 99.1 Å². The fourth-order valence-corrected chi connectivity index (χ4v) is 7.84. The van der Waals surface area contributed by atoms with Gasteiger partial charge < -0.3 is 0 Å². The molecule has 1 unspecified atom stereocenters. The first-order valence-corrected chi connectivity index (χ1v) is 8.96. The quantitative estimate of drug-likeness (QED) is 0.695. The Morgan fingerprint density at radius 2 is 2.00 bits per heavy atom. The molecule has 1 heterocycles. The molecule has 0 amide bonds. The number of rotatable bonds is 4. The standard InChI is InChI=1S/C9H18S4/c1-4-11-8(10-3)9(2)12-6-5-7-13-9/h8H,4-7H2,1-3H3. The van der Waals surface area contributed by atoms with Gasteiger partial charge in [-0.25, -0.2) is 0 Å². The molecule has 0 N–H and O–H groups in total. The van der Waals surface area contributed by atoms with Crippen LogP contribution < -0.4 is 0 Å². The van der Waals surface area contributed by atoms with Crippen molar-refractivity contribution in [2.75, 3.05) is 23.5 Å². The Morgan fingerprint density at radius 3 is 2.46 bits per heavy atom. The monoisotopic (exact) mass is 254 g/mol. The van der Waals surface area contributed by atoms with Crippen LogP contribution in [-0.2, 0) is 0 Å². The molecule has 0 spiro atoms. The predicted molar refractivity (Wildman–Crippen MR) is 73.4 cm³/mol. The van der Waals surface area contributed by atoms with Crippen LogP contribution in [0.15, 0.2) is 0 Å². The van der Waals surface area contributed by atoms with Crippen molar-refractivity contribution >= 4 is 47.0 Å². The molecule has 0 aromatic heterocycles. The Kier molecular flexibility index (Phi) is 5.84. The molecule has 1 saturated heterocycles. The summed E-state index contributed by atoms with van der Waals surface area (Å²) in [6.07, 6.45) is 3.64. The molecule has 1 aliphatic heterocycles. The van der Waals surface area contributed by atoms with E-state index in [9.17, 15) is 0 Å². The minimum Gasteiger partial charge on any atom is -0.149 e. The van der Waals surface area contributed by atoms with Crippen molar-refractivity contribution in [3.05, 3.63) is 0 Å². The Morgan fingerprint density at radius 1 is 1.38 bits per heavy atom. The smallest absolute Gasteiger partial charge is 0.0791 e. The lowest BCUT2D eigenvalue weighted by molar-refractivity contribution is 0.958. The Hall–Kier alpha value is 1.40. The normalized spacial score (nSPS) is 24.2. The second kappa shape index (κ2) is 6.09. The lowest BCUT2D eigenvalue weighted by atomic mass is 10.5. The number of thioether (sulfide) groups is 4. The fraction of sp³-hybridized carbons (Fsp3) is 1.00. The van der Waals surface area contributed by atoms with E-state index in [4.69, 9.17) is 0 Å². The zero-order valence-electron chi connectivity index (χ0n) is 8.54. The van der Waals surface area contributed by atoms with Gasteiger partial charge in [0.1, 0.15) is 0 Å². The van der Waals surface area contributed by atoms with E-state index in [2.05, 4.69) is 55.4 Å². The lowest BCUT2D eigenvalue weighted by Crippen LogP contribution is -2.31. The highest BCUT2D eigenvalue weighted by atomic mass is 32.2. The first kappa shape index (κ1) is 12.5. The third kappa shape index (κ3) is 3.47. The Balaban J connectivity index is 2.52. The summed E-state index contributed by atoms with van der Waals surface area (Å²) in [6, 6.07) is 0. The molecule has 0 aromatic carbocycles. The third-order valence-corrected chi connectivity index (χ3v) is 8.93. The van der Waals surface area contributed by atoms with E-state index >= 15 is 0 Å². The van der Waals surface area contributed by atoms with Crippen LogP contribution in [0.25, 0.3) is 0 Å². The second-order valence-corrected chi connectivity index (χ2v) is 9.06. The van der Waals surface area contributed by atoms with Crippen LogP contribution in [0.4, 0.5) is 0 Å². The summed E-state index contributed by atoms with van der Waals surface area (Å²) in [6.45, 7) is 4.68. The fourth-order valence-electron chi connectivity index (χ4n) is 1.37. The zero-order chi connectivity index (χ0) is 9.73. The van der Waals surface area contributed by atoms with E-state index in [-0.39, 0.29) is 0 Å². The zero-order valence-corrected chi connectivity index (χ0v) is 11.8. The summed E-state index contributed by atoms with van der Waals surface area (Å²) in [5.74, 6) is 3.94. The van der Waals surface area contributed by atoms with Crippen molar-refractivity contribution in [3.8, 4) is 0 Å². The topological polar surface area (TPSA) is 0 Å². The minimum atomic E-state index is 0.457. The predicted octanol–water partition coefficient (Wildman–Crippen LogP) is 4.01. The summed E-state index contributed by atoms with van der Waals surface area (Å²) in [4.78, 5) is 0. The molecule has 0 aromatic rings. The first-order chi connectivity index (χ1) is 6.23. The highest BCUT2D eigenvalue weighted by Gasteiger charge is 2.36. The van der Waals surface area contributed by atoms with Gasteiger partial charge in [-0.05, 0) is 36.9 Å². The molecular weight excluding hydrogens is 236 g/mol. The van der Waals surface area contributed by atoms with Crippen molar-refractivity contribution in [1.29, 1.82) is 0 Å². The van der Waals surface area contributed by atoms with Gasteiger partial charge in [0.2, 0.25) is 0 Å². The van der Waals surface area contributed by atoms with Crippen LogP contribution in [0.5, 0.6) is 0 Å². The lowest BCUT2D eigenvalue weighted by Gasteiger charge is -2.38. The summed E-state index contributed by atoms with van der Waals surface area (Å²) in [5, 5.41) is 0. The largest absolute Gasteiger partial charge is 0.149 e. The van der Waals surface area contributed by atoms with Crippen molar-refractivity contribution in [3.63, 3.8) is 0 Å². The summed E-state index contributed by atoms with van der Waals surface area (Å²) in [5.41, 5.74) is 0. The minimum absolute atomic E-state index is 0.457. The van der Waals surface area contributed by atoms with E-state index in [1.54, 1.807) is 0 Å². The molecule has 78 valence electrons. The molecule has 0 saturated carbocycles. The summed E-state index contributed by atoms with van der Waals surface area (Å²) in [7, 11) is 0. The average Bonchev–Trinajstić information content (AvgIpc) is 2.15. The molecule has 1 rings (SSSR count). The van der Waals surface area contributed by atoms with Gasteiger partial charge in [-0.15, -0.1) is 47.0 Å². The van der Waals surface area contributed by atoms with Crippen molar-refractivity contribution in [2.24, 2.45) is 0 Å². The number of hydrogen-bond acceptors (Lipinski definition) is 4. The summed E-state index contributed by atoms with van der Waals surface area (Å²) < 4.78 is 1.21. The van der Waals surface area contributed by atoms with E-state index in [1.807, 2.05) is 11.8 Å². The van der Waals surface area contributed by atoms with E-state index in [0.717, 1.165) is 4.58 Å². The van der Waals surface area contributed by atoms with Crippen LogP contribution in [0.1, 0.15) is 20.3 Å². The molecule has 4 heteroatoms. The molecule has 0 nitrogen and oxygen atoms in total. The molecule has 1 aliphatic rings. The van der Waals surface area contributed by atoms with Crippen LogP contribution in [0.2, 0.25) is 0 Å². The highest BCUT2D eigenvalue weighted by Crippen LogP contribution is 2.51. The van der Waals surface area contributed by atoms with Crippen molar-refractivity contribution < 1.29 is 0 Å². The van der Waals surface area contributed by atoms with Crippen LogP contribution in [-0.4, -0.2) is 32.2 Å². The van der Waals surface area contributed by atoms with Crippen LogP contribution in [0.3, 0.4) is 0 Å². The maximum absolute atomic E-state index is 2.42. The first-order valence-electron chi connectivity index (χ1n) is 4.65. The highest BCUT2D eigenvalue weighted by molar-refractivity contribution is 8.24. The van der Waals surface area contributed by atoms with Gasteiger partial charge in [-0.2, -0.15) is 0 Å². The van der Waals surface area contributed by atoms with Gasteiger partial charge in [0.15, 0.2) is 0 Å². The Bertz CT molecular complexity index is 143. The van der Waals surface area contributed by atoms with Gasteiger partial charge in [0, 0.05) is 0 Å². The van der Waals surface area contributed by atoms with Gasteiger partial charge in [-0.1, -0.05) is 6.92 Å². The molecule has 0 aliphatic carbocycles. The van der Waals surface area contributed by atoms with E-state index < -0.39 is 0 Å². The van der Waals surface area contributed by atoms with Gasteiger partial charge in [0.25, 0.3) is 0 Å². The van der Waals surface area contributed by atoms with E-state index in [0.29, 0.717) is 4.08 Å². The maximum atomic E-state index is 2.42. The number of hydrogen-bond donors (Lipinski definition) is 0. The van der Waals surface area contributed by atoms with Gasteiger partial charge in [0.05, 0.1) is 8.66 Å². The second-order valence-electron chi connectivity index (χ2n) is 3.09. The molecular formula is C9H18S4. The van der Waals surface area contributed by atoms with E-state index in [1.165, 1.54) is 23.7 Å². The SMILES string of the molecule is CCSC(SC)C1(C)SCCCS1. The summed E-state index contributed by atoms with van der Waals surface area (Å²) >= 11 is 8.44. The van der Waals surface area contributed by atoms with Crippen LogP contribution >= 0.6 is 47.0 Å². The van der Waals surface area contributed by atoms with Crippen LogP contribution in [0, 0.1) is 0 Å².